The number of furan rings is 1. The molecule has 0 saturated heterocycles. The van der Waals surface area contributed by atoms with Crippen LogP contribution in [-0.4, -0.2) is 26.0 Å². The first-order chi connectivity index (χ1) is 15.3. The lowest BCUT2D eigenvalue weighted by molar-refractivity contribution is 0.104. The summed E-state index contributed by atoms with van der Waals surface area (Å²) in [5.74, 6) is 2.87. The predicted molar refractivity (Wildman–Crippen MR) is 113 cm³/mol. The van der Waals surface area contributed by atoms with E-state index in [2.05, 4.69) is 10.6 Å². The number of ether oxygens (including phenoxy) is 4. The van der Waals surface area contributed by atoms with Gasteiger partial charge in [0.25, 0.3) is 0 Å². The maximum absolute atomic E-state index is 12.1. The zero-order valence-electron chi connectivity index (χ0n) is 17.0. The number of benzene rings is 2. The number of hydrogen-bond acceptors (Lipinski definition) is 6. The first-order valence-corrected chi connectivity index (χ1v) is 10.0. The molecule has 0 spiro atoms. The Bertz CT molecular complexity index is 989. The van der Waals surface area contributed by atoms with Crippen molar-refractivity contribution in [3.63, 3.8) is 0 Å². The molecule has 162 valence electrons. The average Bonchev–Trinajstić information content (AvgIpc) is 3.46. The molecule has 0 fully saturated rings. The summed E-state index contributed by atoms with van der Waals surface area (Å²) in [6.07, 6.45) is 2.32. The summed E-state index contributed by atoms with van der Waals surface area (Å²) in [6, 6.07) is 16.4. The highest BCUT2D eigenvalue weighted by Crippen LogP contribution is 2.35. The Morgan fingerprint density at radius 3 is 2.84 bits per heavy atom. The van der Waals surface area contributed by atoms with Gasteiger partial charge in [0.2, 0.25) is 6.79 Å². The lowest BCUT2D eigenvalue weighted by Gasteiger charge is -2.10. The molecule has 2 aromatic carbocycles. The van der Waals surface area contributed by atoms with Crippen molar-refractivity contribution >= 4 is 11.7 Å². The highest BCUT2D eigenvalue weighted by atomic mass is 16.7. The summed E-state index contributed by atoms with van der Waals surface area (Å²) in [6.45, 7) is 2.07. The number of fused-ring (bicyclic) bond motifs is 1. The van der Waals surface area contributed by atoms with Crippen molar-refractivity contribution in [2.75, 3.05) is 25.3 Å². The molecule has 4 rings (SSSR count). The van der Waals surface area contributed by atoms with Gasteiger partial charge in [-0.3, -0.25) is 0 Å². The molecule has 0 saturated carbocycles. The molecule has 1 aromatic heterocycles. The van der Waals surface area contributed by atoms with E-state index in [1.165, 1.54) is 0 Å². The Labute approximate surface area is 180 Å². The van der Waals surface area contributed by atoms with Crippen LogP contribution in [0, 0.1) is 0 Å². The summed E-state index contributed by atoms with van der Waals surface area (Å²) in [4.78, 5) is 12.1. The van der Waals surface area contributed by atoms with E-state index >= 15 is 0 Å². The van der Waals surface area contributed by atoms with Gasteiger partial charge in [0.1, 0.15) is 24.7 Å². The van der Waals surface area contributed by atoms with E-state index in [1.54, 1.807) is 12.3 Å². The Balaban J connectivity index is 1.16. The SMILES string of the molecule is O=C(NCCCOCc1ccco1)Nc1cccc(COc2ccc3c(c2)OCO3)c1. The smallest absolute Gasteiger partial charge is 0.319 e. The Hall–Kier alpha value is -3.65. The summed E-state index contributed by atoms with van der Waals surface area (Å²) in [5.41, 5.74) is 1.63. The van der Waals surface area contributed by atoms with Crippen LogP contribution >= 0.6 is 0 Å². The second-order valence-corrected chi connectivity index (χ2v) is 6.87. The zero-order valence-corrected chi connectivity index (χ0v) is 17.0. The Morgan fingerprint density at radius 2 is 1.94 bits per heavy atom. The van der Waals surface area contributed by atoms with Crippen molar-refractivity contribution in [2.24, 2.45) is 0 Å². The van der Waals surface area contributed by atoms with E-state index in [9.17, 15) is 4.79 Å². The topological polar surface area (TPSA) is 91.2 Å². The maximum Gasteiger partial charge on any atom is 0.319 e. The fraction of sp³-hybridized carbons (Fsp3) is 0.261. The Kier molecular flexibility index (Phi) is 6.92. The number of amides is 2. The second-order valence-electron chi connectivity index (χ2n) is 6.87. The van der Waals surface area contributed by atoms with E-state index in [0.717, 1.165) is 11.3 Å². The van der Waals surface area contributed by atoms with Gasteiger partial charge in [0.15, 0.2) is 11.5 Å². The number of anilines is 1. The number of urea groups is 1. The van der Waals surface area contributed by atoms with E-state index in [1.807, 2.05) is 48.5 Å². The van der Waals surface area contributed by atoms with E-state index in [-0.39, 0.29) is 12.8 Å². The van der Waals surface area contributed by atoms with Gasteiger partial charge in [-0.15, -0.1) is 0 Å². The third-order valence-electron chi connectivity index (χ3n) is 4.51. The molecule has 0 unspecified atom stereocenters. The third kappa shape index (κ3) is 6.16. The van der Waals surface area contributed by atoms with E-state index in [0.29, 0.717) is 55.7 Å². The predicted octanol–water partition coefficient (Wildman–Crippen LogP) is 4.32. The molecular formula is C23H24N2O6. The lowest BCUT2D eigenvalue weighted by Crippen LogP contribution is -2.30. The molecule has 0 atom stereocenters. The molecule has 3 aromatic rings. The van der Waals surface area contributed by atoms with Gasteiger partial charge in [0, 0.05) is 24.9 Å². The van der Waals surface area contributed by atoms with Crippen LogP contribution in [0.1, 0.15) is 17.7 Å². The van der Waals surface area contributed by atoms with Gasteiger partial charge < -0.3 is 34.0 Å². The monoisotopic (exact) mass is 424 g/mol. The van der Waals surface area contributed by atoms with Gasteiger partial charge in [-0.05, 0) is 48.4 Å². The highest BCUT2D eigenvalue weighted by molar-refractivity contribution is 5.89. The van der Waals surface area contributed by atoms with Gasteiger partial charge in [-0.1, -0.05) is 12.1 Å². The molecule has 1 aliphatic heterocycles. The molecule has 31 heavy (non-hydrogen) atoms. The maximum atomic E-state index is 12.1. The van der Waals surface area contributed by atoms with Crippen LogP contribution in [0.25, 0.3) is 0 Å². The van der Waals surface area contributed by atoms with Crippen LogP contribution in [0.15, 0.2) is 65.3 Å². The van der Waals surface area contributed by atoms with Gasteiger partial charge >= 0.3 is 6.03 Å². The van der Waals surface area contributed by atoms with Crippen LogP contribution in [0.4, 0.5) is 10.5 Å². The second kappa shape index (κ2) is 10.4. The van der Waals surface area contributed by atoms with Gasteiger partial charge in [0.05, 0.1) is 6.26 Å². The van der Waals surface area contributed by atoms with Crippen molar-refractivity contribution in [2.45, 2.75) is 19.6 Å². The molecule has 8 heteroatoms. The first kappa shape index (κ1) is 20.6. The molecule has 8 nitrogen and oxygen atoms in total. The fourth-order valence-corrected chi connectivity index (χ4v) is 2.99. The fourth-order valence-electron chi connectivity index (χ4n) is 2.99. The standard InChI is InChI=1S/C23H24N2O6/c26-23(24-9-3-10-27-15-20-6-2-11-28-20)25-18-5-1-4-17(12-18)14-29-19-7-8-21-22(13-19)31-16-30-21/h1-2,4-8,11-13H,3,9-10,14-16H2,(H2,24,25,26). The number of hydrogen-bond donors (Lipinski definition) is 2. The molecule has 0 radical (unpaired) electrons. The van der Waals surface area contributed by atoms with Crippen LogP contribution in [0.2, 0.25) is 0 Å². The summed E-state index contributed by atoms with van der Waals surface area (Å²) >= 11 is 0. The van der Waals surface area contributed by atoms with Crippen LogP contribution < -0.4 is 24.8 Å². The minimum Gasteiger partial charge on any atom is -0.489 e. The molecule has 2 heterocycles. The number of carbonyl (C=O) groups excluding carboxylic acids is 1. The van der Waals surface area contributed by atoms with Crippen LogP contribution in [0.5, 0.6) is 17.2 Å². The highest BCUT2D eigenvalue weighted by Gasteiger charge is 2.13. The lowest BCUT2D eigenvalue weighted by atomic mass is 10.2. The number of rotatable bonds is 10. The van der Waals surface area contributed by atoms with Crippen LogP contribution in [-0.2, 0) is 18.0 Å². The van der Waals surface area contributed by atoms with Crippen molar-refractivity contribution in [1.82, 2.24) is 5.32 Å². The van der Waals surface area contributed by atoms with Gasteiger partial charge in [-0.2, -0.15) is 0 Å². The largest absolute Gasteiger partial charge is 0.489 e. The number of carbonyl (C=O) groups is 1. The van der Waals surface area contributed by atoms with Crippen molar-refractivity contribution in [3.8, 4) is 17.2 Å². The average molecular weight is 424 g/mol. The normalized spacial score (nSPS) is 11.9. The van der Waals surface area contributed by atoms with E-state index < -0.39 is 0 Å². The summed E-state index contributed by atoms with van der Waals surface area (Å²) < 4.78 is 27.2. The van der Waals surface area contributed by atoms with E-state index in [4.69, 9.17) is 23.4 Å². The minimum absolute atomic E-state index is 0.229. The summed E-state index contributed by atoms with van der Waals surface area (Å²) in [5, 5.41) is 5.65. The van der Waals surface area contributed by atoms with Gasteiger partial charge in [-0.25, -0.2) is 4.79 Å². The third-order valence-corrected chi connectivity index (χ3v) is 4.51. The minimum atomic E-state index is -0.264. The molecule has 2 amide bonds. The molecule has 0 bridgehead atoms. The Morgan fingerprint density at radius 1 is 1.00 bits per heavy atom. The van der Waals surface area contributed by atoms with Crippen LogP contribution in [0.3, 0.4) is 0 Å². The van der Waals surface area contributed by atoms with Crippen molar-refractivity contribution < 1.29 is 28.2 Å². The quantitative estimate of drug-likeness (QED) is 0.471. The molecule has 0 aliphatic carbocycles. The summed E-state index contributed by atoms with van der Waals surface area (Å²) in [7, 11) is 0. The first-order valence-electron chi connectivity index (χ1n) is 10.0. The zero-order chi connectivity index (χ0) is 21.3. The molecule has 1 aliphatic rings. The number of nitrogens with one attached hydrogen (secondary N) is 2. The van der Waals surface area contributed by atoms with Crippen molar-refractivity contribution in [3.05, 3.63) is 72.2 Å². The van der Waals surface area contributed by atoms with Crippen molar-refractivity contribution in [1.29, 1.82) is 0 Å². The molecular weight excluding hydrogens is 400 g/mol. The molecule has 2 N–H and O–H groups in total.